The van der Waals surface area contributed by atoms with Crippen LogP contribution in [0.2, 0.25) is 0 Å². The van der Waals surface area contributed by atoms with Crippen molar-refractivity contribution in [2.75, 3.05) is 38.3 Å². The van der Waals surface area contributed by atoms with Gasteiger partial charge < -0.3 is 19.1 Å². The third-order valence-electron chi connectivity index (χ3n) is 4.18. The highest BCUT2D eigenvalue weighted by Crippen LogP contribution is 2.33. The van der Waals surface area contributed by atoms with Crippen molar-refractivity contribution in [3.63, 3.8) is 0 Å². The molecule has 1 aliphatic heterocycles. The van der Waals surface area contributed by atoms with Crippen LogP contribution in [0.15, 0.2) is 48.5 Å². The van der Waals surface area contributed by atoms with E-state index >= 15 is 0 Å². The largest absolute Gasteiger partial charge is 0.493 e. The molecule has 0 aliphatic carbocycles. The molecule has 0 saturated carbocycles. The molecule has 1 saturated heterocycles. The number of para-hydroxylation sites is 1. The lowest BCUT2D eigenvalue weighted by Crippen LogP contribution is -2.17. The first kappa shape index (κ1) is 16.5. The van der Waals surface area contributed by atoms with Crippen molar-refractivity contribution in [1.82, 2.24) is 0 Å². The van der Waals surface area contributed by atoms with Crippen LogP contribution >= 0.6 is 0 Å². The topological polar surface area (TPSA) is 30.9 Å². The molecule has 0 spiro atoms. The van der Waals surface area contributed by atoms with Crippen molar-refractivity contribution in [2.45, 2.75) is 19.3 Å². The Morgan fingerprint density at radius 3 is 2.38 bits per heavy atom. The molecule has 2 aromatic rings. The monoisotopic (exact) mass is 327 g/mol. The van der Waals surface area contributed by atoms with Crippen LogP contribution in [0, 0.1) is 0 Å². The average molecular weight is 327 g/mol. The average Bonchev–Trinajstić information content (AvgIpc) is 3.17. The lowest BCUT2D eigenvalue weighted by molar-refractivity contribution is 0.240. The number of benzene rings is 2. The number of hydrogen-bond acceptors (Lipinski definition) is 4. The first-order valence-electron chi connectivity index (χ1n) is 8.60. The second kappa shape index (κ2) is 8.48. The van der Waals surface area contributed by atoms with Gasteiger partial charge in [0.1, 0.15) is 5.75 Å². The summed E-state index contributed by atoms with van der Waals surface area (Å²) in [6, 6.07) is 16.0. The van der Waals surface area contributed by atoms with Crippen molar-refractivity contribution in [3.8, 4) is 17.2 Å². The summed E-state index contributed by atoms with van der Waals surface area (Å²) in [4.78, 5) is 2.39. The number of methoxy groups -OCH3 is 1. The highest BCUT2D eigenvalue weighted by atomic mass is 16.5. The molecule has 4 nitrogen and oxygen atoms in total. The van der Waals surface area contributed by atoms with Gasteiger partial charge in [-0.3, -0.25) is 0 Å². The summed E-state index contributed by atoms with van der Waals surface area (Å²) in [5.74, 6) is 2.48. The maximum absolute atomic E-state index is 5.93. The molecule has 24 heavy (non-hydrogen) atoms. The Hall–Kier alpha value is -2.36. The van der Waals surface area contributed by atoms with Gasteiger partial charge in [-0.15, -0.1) is 0 Å². The Morgan fingerprint density at radius 1 is 0.875 bits per heavy atom. The van der Waals surface area contributed by atoms with Gasteiger partial charge in [-0.25, -0.2) is 0 Å². The number of nitrogens with zero attached hydrogens (tertiary/aromatic N) is 1. The smallest absolute Gasteiger partial charge is 0.163 e. The van der Waals surface area contributed by atoms with Crippen molar-refractivity contribution in [2.24, 2.45) is 0 Å². The van der Waals surface area contributed by atoms with Gasteiger partial charge in [0, 0.05) is 31.3 Å². The van der Waals surface area contributed by atoms with E-state index < -0.39 is 0 Å². The predicted molar refractivity (Wildman–Crippen MR) is 96.5 cm³/mol. The maximum atomic E-state index is 5.93. The fourth-order valence-corrected chi connectivity index (χ4v) is 2.90. The zero-order valence-electron chi connectivity index (χ0n) is 14.2. The molecule has 0 aromatic heterocycles. The lowest BCUT2D eigenvalue weighted by Gasteiger charge is -2.20. The summed E-state index contributed by atoms with van der Waals surface area (Å²) >= 11 is 0. The number of anilines is 1. The Morgan fingerprint density at radius 2 is 1.62 bits per heavy atom. The fourth-order valence-electron chi connectivity index (χ4n) is 2.90. The van der Waals surface area contributed by atoms with Crippen LogP contribution in [0.1, 0.15) is 19.3 Å². The van der Waals surface area contributed by atoms with Crippen LogP contribution in [0.3, 0.4) is 0 Å². The van der Waals surface area contributed by atoms with Crippen LogP contribution in [-0.2, 0) is 0 Å². The molecule has 0 amide bonds. The first-order valence-corrected chi connectivity index (χ1v) is 8.60. The van der Waals surface area contributed by atoms with E-state index in [1.807, 2.05) is 36.4 Å². The number of hydrogen-bond donors (Lipinski definition) is 0. The standard InChI is InChI=1S/C20H25NO3/c1-22-19-11-10-17(21-12-5-6-13-21)16-20(19)24-15-7-14-23-18-8-3-2-4-9-18/h2-4,8-11,16H,5-7,12-15H2,1H3. The van der Waals surface area contributed by atoms with E-state index in [9.17, 15) is 0 Å². The third-order valence-corrected chi connectivity index (χ3v) is 4.18. The molecular weight excluding hydrogens is 302 g/mol. The molecule has 2 aromatic carbocycles. The van der Waals surface area contributed by atoms with Crippen LogP contribution in [-0.4, -0.2) is 33.4 Å². The van der Waals surface area contributed by atoms with Gasteiger partial charge in [0.2, 0.25) is 0 Å². The Kier molecular flexibility index (Phi) is 5.83. The van der Waals surface area contributed by atoms with Crippen molar-refractivity contribution >= 4 is 5.69 Å². The Bertz CT molecular complexity index is 624. The molecule has 0 unspecified atom stereocenters. The Labute approximate surface area is 144 Å². The van der Waals surface area contributed by atoms with Gasteiger partial charge >= 0.3 is 0 Å². The third kappa shape index (κ3) is 4.34. The van der Waals surface area contributed by atoms with E-state index in [4.69, 9.17) is 14.2 Å². The molecular formula is C20H25NO3. The molecule has 4 heteroatoms. The van der Waals surface area contributed by atoms with Gasteiger partial charge in [-0.1, -0.05) is 18.2 Å². The molecule has 1 aliphatic rings. The molecule has 0 bridgehead atoms. The Balaban J connectivity index is 1.50. The maximum Gasteiger partial charge on any atom is 0.163 e. The molecule has 128 valence electrons. The molecule has 1 fully saturated rings. The van der Waals surface area contributed by atoms with Crippen LogP contribution in [0.25, 0.3) is 0 Å². The van der Waals surface area contributed by atoms with Gasteiger partial charge in [-0.05, 0) is 37.1 Å². The van der Waals surface area contributed by atoms with Crippen LogP contribution < -0.4 is 19.1 Å². The minimum atomic E-state index is 0.604. The number of ether oxygens (including phenoxy) is 3. The van der Waals surface area contributed by atoms with Gasteiger partial charge in [0.15, 0.2) is 11.5 Å². The summed E-state index contributed by atoms with van der Waals surface area (Å²) in [7, 11) is 1.68. The normalized spacial score (nSPS) is 13.8. The van der Waals surface area contributed by atoms with Crippen LogP contribution in [0.4, 0.5) is 5.69 Å². The van der Waals surface area contributed by atoms with E-state index in [0.29, 0.717) is 13.2 Å². The summed E-state index contributed by atoms with van der Waals surface area (Å²) in [6.07, 6.45) is 3.35. The SMILES string of the molecule is COc1ccc(N2CCCC2)cc1OCCCOc1ccccc1. The van der Waals surface area contributed by atoms with Gasteiger partial charge in [0.05, 0.1) is 20.3 Å². The van der Waals surface area contributed by atoms with Crippen LogP contribution in [0.5, 0.6) is 17.2 Å². The first-order chi connectivity index (χ1) is 11.9. The second-order valence-corrected chi connectivity index (χ2v) is 5.89. The van der Waals surface area contributed by atoms with Gasteiger partial charge in [-0.2, -0.15) is 0 Å². The molecule has 1 heterocycles. The molecule has 0 atom stereocenters. The fraction of sp³-hybridized carbons (Fsp3) is 0.400. The van der Waals surface area contributed by atoms with E-state index in [-0.39, 0.29) is 0 Å². The highest BCUT2D eigenvalue weighted by Gasteiger charge is 2.14. The van der Waals surface area contributed by atoms with Crippen molar-refractivity contribution < 1.29 is 14.2 Å². The van der Waals surface area contributed by atoms with Crippen molar-refractivity contribution in [1.29, 1.82) is 0 Å². The summed E-state index contributed by atoms with van der Waals surface area (Å²) < 4.78 is 17.0. The quantitative estimate of drug-likeness (QED) is 0.682. The zero-order valence-corrected chi connectivity index (χ0v) is 14.2. The molecule has 0 radical (unpaired) electrons. The summed E-state index contributed by atoms with van der Waals surface area (Å²) in [6.45, 7) is 3.48. The summed E-state index contributed by atoms with van der Waals surface area (Å²) in [5.41, 5.74) is 1.21. The highest BCUT2D eigenvalue weighted by molar-refractivity contribution is 5.56. The lowest BCUT2D eigenvalue weighted by atomic mass is 10.2. The minimum absolute atomic E-state index is 0.604. The number of rotatable bonds is 8. The van der Waals surface area contributed by atoms with E-state index in [1.54, 1.807) is 7.11 Å². The van der Waals surface area contributed by atoms with Gasteiger partial charge in [0.25, 0.3) is 0 Å². The van der Waals surface area contributed by atoms with E-state index in [1.165, 1.54) is 18.5 Å². The second-order valence-electron chi connectivity index (χ2n) is 5.89. The van der Waals surface area contributed by atoms with E-state index in [2.05, 4.69) is 17.0 Å². The molecule has 3 rings (SSSR count). The minimum Gasteiger partial charge on any atom is -0.493 e. The predicted octanol–water partition coefficient (Wildman–Crippen LogP) is 4.14. The van der Waals surface area contributed by atoms with Crippen molar-refractivity contribution in [3.05, 3.63) is 48.5 Å². The van der Waals surface area contributed by atoms with E-state index in [0.717, 1.165) is 36.8 Å². The summed E-state index contributed by atoms with van der Waals surface area (Å²) in [5, 5.41) is 0. The molecule has 0 N–H and O–H groups in total. The zero-order chi connectivity index (χ0) is 16.6.